The molecule has 0 bridgehead atoms. The molecule has 0 spiro atoms. The summed E-state index contributed by atoms with van der Waals surface area (Å²) in [5.41, 5.74) is 1.50. The van der Waals surface area contributed by atoms with E-state index < -0.39 is 12.0 Å². The van der Waals surface area contributed by atoms with E-state index in [1.54, 1.807) is 0 Å². The Hall–Kier alpha value is -3.12. The fraction of sp³-hybridized carbons (Fsp3) is 0.158. The molecule has 128 valence electrons. The molecule has 0 aliphatic carbocycles. The summed E-state index contributed by atoms with van der Waals surface area (Å²) in [4.78, 5) is 12.2. The van der Waals surface area contributed by atoms with Crippen molar-refractivity contribution in [3.05, 3.63) is 78.1 Å². The van der Waals surface area contributed by atoms with Crippen LogP contribution in [0.4, 0.5) is 0 Å². The Morgan fingerprint density at radius 2 is 1.72 bits per heavy atom. The van der Waals surface area contributed by atoms with Gasteiger partial charge in [0.2, 0.25) is 0 Å². The zero-order chi connectivity index (χ0) is 17.6. The average molecular weight is 337 g/mol. The zero-order valence-electron chi connectivity index (χ0n) is 13.5. The molecule has 6 heteroatoms. The van der Waals surface area contributed by atoms with E-state index in [4.69, 9.17) is 0 Å². The molecule has 6 nitrogen and oxygen atoms in total. The van der Waals surface area contributed by atoms with Crippen molar-refractivity contribution in [2.75, 3.05) is 6.54 Å². The molecule has 3 rings (SSSR count). The van der Waals surface area contributed by atoms with Crippen LogP contribution in [0.1, 0.15) is 28.6 Å². The summed E-state index contributed by atoms with van der Waals surface area (Å²) in [5, 5.41) is 26.8. The van der Waals surface area contributed by atoms with Crippen molar-refractivity contribution in [1.82, 2.24) is 15.1 Å². The summed E-state index contributed by atoms with van der Waals surface area (Å²) in [6.45, 7) is 0.270. The van der Waals surface area contributed by atoms with Gasteiger partial charge in [0.05, 0.1) is 18.0 Å². The number of aliphatic hydroxyl groups excluding tert-OH is 1. The number of para-hydroxylation sites is 1. The Kier molecular flexibility index (Phi) is 5.11. The highest BCUT2D eigenvalue weighted by molar-refractivity contribution is 5.94. The van der Waals surface area contributed by atoms with Gasteiger partial charge in [0, 0.05) is 6.54 Å². The lowest BCUT2D eigenvalue weighted by Gasteiger charge is -2.11. The fourth-order valence-electron chi connectivity index (χ4n) is 2.49. The highest BCUT2D eigenvalue weighted by Gasteiger charge is 2.17. The van der Waals surface area contributed by atoms with Gasteiger partial charge in [0.25, 0.3) is 5.91 Å². The van der Waals surface area contributed by atoms with E-state index in [0.717, 1.165) is 11.3 Å². The third-order valence-electron chi connectivity index (χ3n) is 3.82. The van der Waals surface area contributed by atoms with Gasteiger partial charge in [0.1, 0.15) is 0 Å². The van der Waals surface area contributed by atoms with Crippen LogP contribution >= 0.6 is 0 Å². The van der Waals surface area contributed by atoms with E-state index in [-0.39, 0.29) is 18.0 Å². The molecule has 0 fully saturated rings. The van der Waals surface area contributed by atoms with E-state index in [0.29, 0.717) is 6.42 Å². The van der Waals surface area contributed by atoms with E-state index in [9.17, 15) is 15.0 Å². The zero-order valence-corrected chi connectivity index (χ0v) is 13.5. The minimum absolute atomic E-state index is 0.0435. The van der Waals surface area contributed by atoms with Gasteiger partial charge in [-0.25, -0.2) is 4.68 Å². The lowest BCUT2D eigenvalue weighted by molar-refractivity contribution is 0.0934. The number of nitrogens with one attached hydrogen (secondary N) is 1. The molecule has 1 amide bonds. The van der Waals surface area contributed by atoms with Crippen molar-refractivity contribution in [3.63, 3.8) is 0 Å². The van der Waals surface area contributed by atoms with Gasteiger partial charge in [-0.1, -0.05) is 48.5 Å². The molecule has 3 N–H and O–H groups in total. The van der Waals surface area contributed by atoms with Crippen molar-refractivity contribution in [2.24, 2.45) is 0 Å². The van der Waals surface area contributed by atoms with Gasteiger partial charge in [0.15, 0.2) is 11.4 Å². The van der Waals surface area contributed by atoms with Gasteiger partial charge in [-0.2, -0.15) is 5.10 Å². The molecule has 0 saturated heterocycles. The summed E-state index contributed by atoms with van der Waals surface area (Å²) in [6, 6.07) is 18.5. The molecular formula is C19H19N3O3. The summed E-state index contributed by atoms with van der Waals surface area (Å²) in [6.07, 6.45) is 1.11. The number of rotatable bonds is 6. The number of carbonyl (C=O) groups excluding carboxylic acids is 1. The Balaban J connectivity index is 1.59. The lowest BCUT2D eigenvalue weighted by Crippen LogP contribution is -2.26. The molecule has 0 radical (unpaired) electrons. The average Bonchev–Trinajstić information content (AvgIpc) is 3.05. The molecular weight excluding hydrogens is 318 g/mol. The molecule has 3 aromatic rings. The second-order valence-corrected chi connectivity index (χ2v) is 5.61. The van der Waals surface area contributed by atoms with E-state index in [2.05, 4.69) is 10.4 Å². The van der Waals surface area contributed by atoms with Gasteiger partial charge < -0.3 is 15.5 Å². The van der Waals surface area contributed by atoms with Crippen LogP contribution in [0.15, 0.2) is 66.9 Å². The standard InChI is InChI=1S/C19H19N3O3/c23-16(14-7-3-1-4-8-14)11-12-20-19(25)18-17(24)13-22(21-18)15-9-5-2-6-10-15/h1-10,13,16,23-24H,11-12H2,(H,20,25). The molecule has 0 aliphatic rings. The molecule has 2 aromatic carbocycles. The molecule has 0 aliphatic heterocycles. The normalized spacial score (nSPS) is 11.9. The highest BCUT2D eigenvalue weighted by atomic mass is 16.3. The number of hydrogen-bond acceptors (Lipinski definition) is 4. The maximum absolute atomic E-state index is 12.2. The third-order valence-corrected chi connectivity index (χ3v) is 3.82. The number of aromatic hydroxyl groups is 1. The topological polar surface area (TPSA) is 87.4 Å². The number of hydrogen-bond donors (Lipinski definition) is 3. The maximum atomic E-state index is 12.2. The monoisotopic (exact) mass is 337 g/mol. The fourth-order valence-corrected chi connectivity index (χ4v) is 2.49. The smallest absolute Gasteiger partial charge is 0.275 e. The lowest BCUT2D eigenvalue weighted by atomic mass is 10.1. The second-order valence-electron chi connectivity index (χ2n) is 5.61. The van der Waals surface area contributed by atoms with E-state index in [1.807, 2.05) is 60.7 Å². The minimum Gasteiger partial charge on any atom is -0.504 e. The highest BCUT2D eigenvalue weighted by Crippen LogP contribution is 2.18. The van der Waals surface area contributed by atoms with Crippen LogP contribution in [-0.2, 0) is 0 Å². The number of aromatic nitrogens is 2. The Morgan fingerprint density at radius 1 is 1.08 bits per heavy atom. The van der Waals surface area contributed by atoms with Crippen molar-refractivity contribution in [3.8, 4) is 11.4 Å². The van der Waals surface area contributed by atoms with Crippen LogP contribution in [0, 0.1) is 0 Å². The van der Waals surface area contributed by atoms with Crippen molar-refractivity contribution in [2.45, 2.75) is 12.5 Å². The quantitative estimate of drug-likeness (QED) is 0.645. The van der Waals surface area contributed by atoms with Crippen LogP contribution in [0.2, 0.25) is 0 Å². The molecule has 1 atom stereocenters. The third kappa shape index (κ3) is 4.05. The largest absolute Gasteiger partial charge is 0.504 e. The summed E-state index contributed by atoms with van der Waals surface area (Å²) < 4.78 is 1.45. The Bertz CT molecular complexity index is 832. The van der Waals surface area contributed by atoms with Gasteiger partial charge in [-0.3, -0.25) is 4.79 Å². The number of carbonyl (C=O) groups is 1. The number of nitrogens with zero attached hydrogens (tertiary/aromatic N) is 2. The minimum atomic E-state index is -0.656. The van der Waals surface area contributed by atoms with Crippen LogP contribution in [-0.4, -0.2) is 32.4 Å². The molecule has 1 heterocycles. The first kappa shape index (κ1) is 16.7. The van der Waals surface area contributed by atoms with E-state index in [1.165, 1.54) is 10.9 Å². The first-order valence-electron chi connectivity index (χ1n) is 8.00. The van der Waals surface area contributed by atoms with Crippen molar-refractivity contribution < 1.29 is 15.0 Å². The summed E-state index contributed by atoms with van der Waals surface area (Å²) >= 11 is 0. The van der Waals surface area contributed by atoms with Crippen molar-refractivity contribution >= 4 is 5.91 Å². The van der Waals surface area contributed by atoms with Crippen LogP contribution in [0.5, 0.6) is 5.75 Å². The van der Waals surface area contributed by atoms with Crippen LogP contribution < -0.4 is 5.32 Å². The van der Waals surface area contributed by atoms with E-state index >= 15 is 0 Å². The number of benzene rings is 2. The SMILES string of the molecule is O=C(NCCC(O)c1ccccc1)c1nn(-c2ccccc2)cc1O. The summed E-state index contributed by atoms with van der Waals surface area (Å²) in [5.74, 6) is -0.669. The Morgan fingerprint density at radius 3 is 2.40 bits per heavy atom. The molecule has 1 aromatic heterocycles. The maximum Gasteiger partial charge on any atom is 0.275 e. The number of aliphatic hydroxyl groups is 1. The van der Waals surface area contributed by atoms with Crippen LogP contribution in [0.3, 0.4) is 0 Å². The molecule has 25 heavy (non-hydrogen) atoms. The van der Waals surface area contributed by atoms with Crippen LogP contribution in [0.25, 0.3) is 5.69 Å². The molecule has 0 saturated carbocycles. The van der Waals surface area contributed by atoms with Crippen molar-refractivity contribution in [1.29, 1.82) is 0 Å². The first-order chi connectivity index (χ1) is 12.1. The van der Waals surface area contributed by atoms with Gasteiger partial charge in [-0.15, -0.1) is 0 Å². The van der Waals surface area contributed by atoms with Gasteiger partial charge in [-0.05, 0) is 24.1 Å². The summed E-state index contributed by atoms with van der Waals surface area (Å²) in [7, 11) is 0. The number of amides is 1. The molecule has 1 unspecified atom stereocenters. The second kappa shape index (κ2) is 7.63. The Labute approximate surface area is 145 Å². The first-order valence-corrected chi connectivity index (χ1v) is 8.00. The van der Waals surface area contributed by atoms with Gasteiger partial charge >= 0.3 is 0 Å². The predicted octanol–water partition coefficient (Wildman–Crippen LogP) is 2.43. The predicted molar refractivity (Wildman–Crippen MR) is 93.6 cm³/mol.